The van der Waals surface area contributed by atoms with Crippen molar-refractivity contribution in [1.29, 1.82) is 0 Å². The van der Waals surface area contributed by atoms with Crippen LogP contribution < -0.4 is 10.0 Å². The number of hydrogen-bond acceptors (Lipinski definition) is 4. The van der Waals surface area contributed by atoms with Gasteiger partial charge in [-0.05, 0) is 63.1 Å². The molecule has 0 spiro atoms. The minimum Gasteiger partial charge on any atom is -0.337 e. The van der Waals surface area contributed by atoms with Crippen LogP contribution in [-0.4, -0.2) is 31.3 Å². The van der Waals surface area contributed by atoms with E-state index in [-0.39, 0.29) is 0 Å². The smallest absolute Gasteiger partial charge is 0.326 e. The van der Waals surface area contributed by atoms with Gasteiger partial charge in [-0.1, -0.05) is 36.8 Å². The molecule has 176 valence electrons. The molecule has 0 bridgehead atoms. The average Bonchev–Trinajstić information content (AvgIpc) is 3.19. The molecule has 2 heterocycles. The predicted molar refractivity (Wildman–Crippen MR) is 136 cm³/mol. The number of aryl methyl sites for hydroxylation is 4. The van der Waals surface area contributed by atoms with Crippen molar-refractivity contribution in [3.05, 3.63) is 82.9 Å². The minimum absolute atomic E-state index is 0.439. The Labute approximate surface area is 202 Å². The molecule has 2 aromatic carbocycles. The number of amides is 2. The second-order valence-corrected chi connectivity index (χ2v) is 9.50. The number of hydrogen-bond donors (Lipinski definition) is 2. The average molecular weight is 476 g/mol. The molecule has 0 aliphatic heterocycles. The lowest BCUT2D eigenvalue weighted by atomic mass is 10.1. The molecule has 0 saturated carbocycles. The Hall–Kier alpha value is -3.52. The molecule has 7 nitrogen and oxygen atoms in total. The van der Waals surface area contributed by atoms with Crippen LogP contribution in [0.15, 0.2) is 59.5 Å². The summed E-state index contributed by atoms with van der Waals surface area (Å²) < 4.78 is 16.9. The number of urea groups is 1. The van der Waals surface area contributed by atoms with Crippen LogP contribution in [-0.2, 0) is 23.8 Å². The van der Waals surface area contributed by atoms with Gasteiger partial charge < -0.3 is 5.32 Å². The highest BCUT2D eigenvalue weighted by Crippen LogP contribution is 2.24. The molecule has 0 aliphatic carbocycles. The monoisotopic (exact) mass is 475 g/mol. The number of fused-ring (bicyclic) bond motifs is 1. The maximum atomic E-state index is 12.3. The van der Waals surface area contributed by atoms with Crippen molar-refractivity contribution < 1.29 is 9.00 Å². The Morgan fingerprint density at radius 1 is 1.00 bits per heavy atom. The zero-order valence-electron chi connectivity index (χ0n) is 19.9. The van der Waals surface area contributed by atoms with Gasteiger partial charge in [-0.25, -0.2) is 14.0 Å². The molecule has 0 aliphatic rings. The quantitative estimate of drug-likeness (QED) is 0.413. The number of imidazole rings is 1. The van der Waals surface area contributed by atoms with Crippen LogP contribution in [0.4, 0.5) is 4.79 Å². The fourth-order valence-electron chi connectivity index (χ4n) is 3.93. The molecule has 2 amide bonds. The van der Waals surface area contributed by atoms with Crippen molar-refractivity contribution in [1.82, 2.24) is 24.6 Å². The van der Waals surface area contributed by atoms with Crippen LogP contribution in [0.2, 0.25) is 0 Å². The topological polar surface area (TPSA) is 88.9 Å². The van der Waals surface area contributed by atoms with Crippen molar-refractivity contribution >= 4 is 28.1 Å². The summed E-state index contributed by atoms with van der Waals surface area (Å²) in [5, 5.41) is 2.77. The van der Waals surface area contributed by atoms with Crippen LogP contribution in [0.3, 0.4) is 0 Å². The molecule has 2 aromatic heterocycles. The number of carbonyl (C=O) groups is 1. The summed E-state index contributed by atoms with van der Waals surface area (Å²) in [6, 6.07) is 17.1. The number of nitrogens with one attached hydrogen (secondary N) is 2. The number of pyridine rings is 1. The zero-order valence-corrected chi connectivity index (χ0v) is 20.7. The molecule has 4 aromatic rings. The van der Waals surface area contributed by atoms with Crippen LogP contribution in [0.5, 0.6) is 0 Å². The van der Waals surface area contributed by atoms with E-state index < -0.39 is 17.0 Å². The van der Waals surface area contributed by atoms with Gasteiger partial charge in [0.1, 0.15) is 11.3 Å². The van der Waals surface area contributed by atoms with Crippen molar-refractivity contribution in [3.8, 4) is 5.69 Å². The summed E-state index contributed by atoms with van der Waals surface area (Å²) >= 11 is 0. The third-order valence-electron chi connectivity index (χ3n) is 5.65. The molecule has 8 heteroatoms. The lowest BCUT2D eigenvalue weighted by Crippen LogP contribution is -2.37. The molecule has 0 radical (unpaired) electrons. The lowest BCUT2D eigenvalue weighted by Gasteiger charge is -2.11. The Bertz CT molecular complexity index is 1340. The van der Waals surface area contributed by atoms with E-state index in [0.717, 1.165) is 51.5 Å². The number of rotatable bonds is 7. The summed E-state index contributed by atoms with van der Waals surface area (Å²) in [5.74, 6) is 0.998. The first-order valence-electron chi connectivity index (χ1n) is 11.3. The van der Waals surface area contributed by atoms with E-state index in [0.29, 0.717) is 17.9 Å². The Morgan fingerprint density at radius 2 is 1.71 bits per heavy atom. The highest BCUT2D eigenvalue weighted by atomic mass is 32.2. The van der Waals surface area contributed by atoms with Crippen LogP contribution >= 0.6 is 0 Å². The van der Waals surface area contributed by atoms with Crippen molar-refractivity contribution in [3.63, 3.8) is 0 Å². The molecule has 4 rings (SSSR count). The van der Waals surface area contributed by atoms with Crippen molar-refractivity contribution in [2.45, 2.75) is 45.4 Å². The fraction of sp³-hybridized carbons (Fsp3) is 0.269. The third kappa shape index (κ3) is 5.17. The fourth-order valence-corrected chi connectivity index (χ4v) is 4.67. The second kappa shape index (κ2) is 10.2. The molecule has 2 N–H and O–H groups in total. The van der Waals surface area contributed by atoms with Gasteiger partial charge in [0.05, 0.1) is 16.1 Å². The van der Waals surface area contributed by atoms with Crippen molar-refractivity contribution in [2.24, 2.45) is 0 Å². The van der Waals surface area contributed by atoms with Crippen LogP contribution in [0.25, 0.3) is 16.7 Å². The highest BCUT2D eigenvalue weighted by molar-refractivity contribution is 7.83. The lowest BCUT2D eigenvalue weighted by molar-refractivity contribution is 0.246. The molecule has 34 heavy (non-hydrogen) atoms. The largest absolute Gasteiger partial charge is 0.337 e. The molecule has 0 saturated heterocycles. The van der Waals surface area contributed by atoms with Gasteiger partial charge in [0, 0.05) is 24.3 Å². The molecular weight excluding hydrogens is 446 g/mol. The first-order chi connectivity index (χ1) is 16.4. The van der Waals surface area contributed by atoms with Crippen LogP contribution in [0.1, 0.15) is 35.3 Å². The van der Waals surface area contributed by atoms with E-state index in [2.05, 4.69) is 56.8 Å². The van der Waals surface area contributed by atoms with Gasteiger partial charge in [-0.15, -0.1) is 0 Å². The molecule has 1 atom stereocenters. The van der Waals surface area contributed by atoms with E-state index >= 15 is 0 Å². The van der Waals surface area contributed by atoms with Gasteiger partial charge in [0.2, 0.25) is 0 Å². The van der Waals surface area contributed by atoms with Gasteiger partial charge in [-0.3, -0.25) is 14.3 Å². The van der Waals surface area contributed by atoms with E-state index in [1.807, 2.05) is 32.9 Å². The summed E-state index contributed by atoms with van der Waals surface area (Å²) in [5.41, 5.74) is 7.13. The number of nitrogens with zero attached hydrogens (tertiary/aromatic N) is 3. The maximum Gasteiger partial charge on any atom is 0.326 e. The highest BCUT2D eigenvalue weighted by Gasteiger charge is 2.14. The van der Waals surface area contributed by atoms with Crippen molar-refractivity contribution in [2.75, 3.05) is 6.54 Å². The van der Waals surface area contributed by atoms with E-state index in [1.165, 1.54) is 0 Å². The molecule has 0 fully saturated rings. The first kappa shape index (κ1) is 23.6. The number of carbonyl (C=O) groups excluding carboxylic acids is 1. The number of benzene rings is 2. The standard InChI is InChI=1S/C26H29N5O2S/c1-5-24-29-25-19(4)28-18(3)16-23(25)31(24)21-10-8-20(9-11-21)14-15-27-26(32)30-34(33)22-12-6-17(2)7-13-22/h6-13,16H,5,14-15H2,1-4H3,(H2,27,30,32). The van der Waals surface area contributed by atoms with Gasteiger partial charge in [0.15, 0.2) is 11.0 Å². The Balaban J connectivity index is 1.39. The maximum absolute atomic E-state index is 12.3. The summed E-state index contributed by atoms with van der Waals surface area (Å²) in [4.78, 5) is 22.0. The predicted octanol–water partition coefficient (Wildman–Crippen LogP) is 4.47. The molecule has 1 unspecified atom stereocenters. The first-order valence-corrected chi connectivity index (χ1v) is 12.5. The van der Waals surface area contributed by atoms with Gasteiger partial charge in [-0.2, -0.15) is 0 Å². The third-order valence-corrected chi connectivity index (χ3v) is 6.72. The minimum atomic E-state index is -1.58. The van der Waals surface area contributed by atoms with E-state index in [4.69, 9.17) is 4.98 Å². The van der Waals surface area contributed by atoms with Gasteiger partial charge in [0.25, 0.3) is 0 Å². The Kier molecular flexibility index (Phi) is 7.07. The normalized spacial score (nSPS) is 12.0. The summed E-state index contributed by atoms with van der Waals surface area (Å²) in [6.07, 6.45) is 1.48. The summed E-state index contributed by atoms with van der Waals surface area (Å²) in [6.45, 7) is 8.49. The molecular formula is C26H29N5O2S. The zero-order chi connectivity index (χ0) is 24.2. The Morgan fingerprint density at radius 3 is 2.38 bits per heavy atom. The van der Waals surface area contributed by atoms with Gasteiger partial charge >= 0.3 is 6.03 Å². The van der Waals surface area contributed by atoms with Crippen LogP contribution in [0, 0.1) is 20.8 Å². The summed E-state index contributed by atoms with van der Waals surface area (Å²) in [7, 11) is -1.58. The number of aromatic nitrogens is 3. The second-order valence-electron chi connectivity index (χ2n) is 8.29. The van der Waals surface area contributed by atoms with E-state index in [1.54, 1.807) is 12.1 Å². The SMILES string of the molecule is CCc1nc2c(C)nc(C)cc2n1-c1ccc(CCNC(=O)NS(=O)c2ccc(C)cc2)cc1. The van der Waals surface area contributed by atoms with E-state index in [9.17, 15) is 9.00 Å².